The molecular weight excluding hydrogens is 268 g/mol. The van der Waals surface area contributed by atoms with E-state index in [1.807, 2.05) is 13.8 Å². The summed E-state index contributed by atoms with van der Waals surface area (Å²) in [5, 5.41) is 3.26. The maximum atomic E-state index is 11.9. The Kier molecular flexibility index (Phi) is 8.22. The summed E-state index contributed by atoms with van der Waals surface area (Å²) in [6.07, 6.45) is 5.59. The van der Waals surface area contributed by atoms with E-state index in [-0.39, 0.29) is 5.97 Å². The fraction of sp³-hybridized carbons (Fsp3) is 0.938. The Labute approximate surface area is 129 Å². The van der Waals surface area contributed by atoms with Crippen LogP contribution in [0.2, 0.25) is 0 Å². The van der Waals surface area contributed by atoms with Gasteiger partial charge in [-0.25, -0.2) is 0 Å². The third kappa shape index (κ3) is 6.32. The second kappa shape index (κ2) is 9.38. The van der Waals surface area contributed by atoms with Crippen molar-refractivity contribution in [2.24, 2.45) is 0 Å². The minimum absolute atomic E-state index is 0.164. The first-order chi connectivity index (χ1) is 10.1. The number of esters is 1. The summed E-state index contributed by atoms with van der Waals surface area (Å²) in [6, 6.07) is 0.765. The van der Waals surface area contributed by atoms with Gasteiger partial charge in [-0.2, -0.15) is 0 Å². The van der Waals surface area contributed by atoms with E-state index in [9.17, 15) is 4.79 Å². The summed E-state index contributed by atoms with van der Waals surface area (Å²) in [6.45, 7) is 7.63. The highest BCUT2D eigenvalue weighted by Crippen LogP contribution is 2.27. The predicted molar refractivity (Wildman–Crippen MR) is 84.4 cm³/mol. The molecule has 1 saturated carbocycles. The SMILES string of the molecule is CCNC(C)(CCCCN(CCOC)C1CC1)C(=O)OC. The molecule has 1 atom stereocenters. The summed E-state index contributed by atoms with van der Waals surface area (Å²) in [5.41, 5.74) is -0.555. The molecule has 1 unspecified atom stereocenters. The van der Waals surface area contributed by atoms with Crippen LogP contribution in [0, 0.1) is 0 Å². The summed E-state index contributed by atoms with van der Waals surface area (Å²) < 4.78 is 10.1. The number of carbonyl (C=O) groups excluding carboxylic acids is 1. The third-order valence-corrected chi connectivity index (χ3v) is 4.22. The number of rotatable bonds is 12. The summed E-state index contributed by atoms with van der Waals surface area (Å²) >= 11 is 0. The quantitative estimate of drug-likeness (QED) is 0.440. The summed E-state index contributed by atoms with van der Waals surface area (Å²) in [7, 11) is 3.21. The second-order valence-corrected chi connectivity index (χ2v) is 6.07. The molecule has 1 rings (SSSR count). The molecule has 1 aliphatic rings. The molecule has 0 aromatic heterocycles. The van der Waals surface area contributed by atoms with E-state index in [1.165, 1.54) is 20.0 Å². The van der Waals surface area contributed by atoms with Crippen LogP contribution in [0.1, 0.15) is 46.0 Å². The number of hydrogen-bond acceptors (Lipinski definition) is 5. The lowest BCUT2D eigenvalue weighted by Crippen LogP contribution is -2.50. The van der Waals surface area contributed by atoms with Crippen molar-refractivity contribution in [2.45, 2.75) is 57.5 Å². The molecule has 0 saturated heterocycles. The van der Waals surface area contributed by atoms with Crippen molar-refractivity contribution in [2.75, 3.05) is 40.5 Å². The molecule has 0 aliphatic heterocycles. The Balaban J connectivity index is 2.30. The van der Waals surface area contributed by atoms with Crippen molar-refractivity contribution in [1.29, 1.82) is 0 Å². The van der Waals surface area contributed by atoms with Crippen LogP contribution in [0.5, 0.6) is 0 Å². The predicted octanol–water partition coefficient (Wildman–Crippen LogP) is 1.81. The molecule has 0 amide bonds. The smallest absolute Gasteiger partial charge is 0.325 e. The van der Waals surface area contributed by atoms with Gasteiger partial charge < -0.3 is 14.8 Å². The van der Waals surface area contributed by atoms with Gasteiger partial charge in [-0.15, -0.1) is 0 Å². The Morgan fingerprint density at radius 1 is 1.29 bits per heavy atom. The van der Waals surface area contributed by atoms with Crippen LogP contribution >= 0.6 is 0 Å². The van der Waals surface area contributed by atoms with E-state index >= 15 is 0 Å². The van der Waals surface area contributed by atoms with E-state index in [0.717, 1.165) is 51.5 Å². The summed E-state index contributed by atoms with van der Waals surface area (Å²) in [5.74, 6) is -0.164. The lowest BCUT2D eigenvalue weighted by atomic mass is 9.94. The van der Waals surface area contributed by atoms with Gasteiger partial charge in [0.1, 0.15) is 5.54 Å². The van der Waals surface area contributed by atoms with Gasteiger partial charge in [0, 0.05) is 19.7 Å². The molecule has 0 bridgehead atoms. The van der Waals surface area contributed by atoms with Crippen molar-refractivity contribution < 1.29 is 14.3 Å². The molecule has 1 fully saturated rings. The Hall–Kier alpha value is -0.650. The number of likely N-dealkylation sites (N-methyl/N-ethyl adjacent to an activating group) is 1. The first kappa shape index (κ1) is 18.4. The minimum atomic E-state index is -0.555. The van der Waals surface area contributed by atoms with E-state index in [4.69, 9.17) is 9.47 Å². The van der Waals surface area contributed by atoms with E-state index in [2.05, 4.69) is 10.2 Å². The molecule has 0 spiro atoms. The number of methoxy groups -OCH3 is 2. The average Bonchev–Trinajstić information content (AvgIpc) is 3.30. The van der Waals surface area contributed by atoms with Crippen LogP contribution < -0.4 is 5.32 Å². The number of unbranched alkanes of at least 4 members (excludes halogenated alkanes) is 1. The van der Waals surface area contributed by atoms with E-state index < -0.39 is 5.54 Å². The maximum Gasteiger partial charge on any atom is 0.325 e. The minimum Gasteiger partial charge on any atom is -0.468 e. The number of ether oxygens (including phenoxy) is 2. The molecule has 1 N–H and O–H groups in total. The van der Waals surface area contributed by atoms with Crippen molar-refractivity contribution in [3.63, 3.8) is 0 Å². The second-order valence-electron chi connectivity index (χ2n) is 6.07. The van der Waals surface area contributed by atoms with E-state index in [0.29, 0.717) is 0 Å². The lowest BCUT2D eigenvalue weighted by Gasteiger charge is -2.28. The monoisotopic (exact) mass is 300 g/mol. The molecule has 5 heteroatoms. The zero-order valence-corrected chi connectivity index (χ0v) is 14.1. The summed E-state index contributed by atoms with van der Waals surface area (Å²) in [4.78, 5) is 14.4. The maximum absolute atomic E-state index is 11.9. The molecule has 0 radical (unpaired) electrons. The molecule has 0 aromatic rings. The van der Waals surface area contributed by atoms with Gasteiger partial charge >= 0.3 is 5.97 Å². The number of nitrogens with zero attached hydrogens (tertiary/aromatic N) is 1. The van der Waals surface area contributed by atoms with Crippen LogP contribution in [0.3, 0.4) is 0 Å². The molecule has 21 heavy (non-hydrogen) atoms. The first-order valence-corrected chi connectivity index (χ1v) is 8.13. The van der Waals surface area contributed by atoms with Crippen molar-refractivity contribution in [3.05, 3.63) is 0 Å². The van der Waals surface area contributed by atoms with Crippen LogP contribution in [0.25, 0.3) is 0 Å². The van der Waals surface area contributed by atoms with Crippen LogP contribution in [0.15, 0.2) is 0 Å². The van der Waals surface area contributed by atoms with Crippen LogP contribution in [-0.4, -0.2) is 62.9 Å². The van der Waals surface area contributed by atoms with E-state index in [1.54, 1.807) is 7.11 Å². The molecule has 0 aromatic carbocycles. The zero-order chi connectivity index (χ0) is 15.7. The number of hydrogen-bond donors (Lipinski definition) is 1. The molecule has 1 aliphatic carbocycles. The van der Waals surface area contributed by atoms with Crippen LogP contribution in [0.4, 0.5) is 0 Å². The number of carbonyl (C=O) groups is 1. The van der Waals surface area contributed by atoms with Crippen molar-refractivity contribution >= 4 is 5.97 Å². The van der Waals surface area contributed by atoms with Gasteiger partial charge in [0.05, 0.1) is 13.7 Å². The van der Waals surface area contributed by atoms with Gasteiger partial charge in [-0.3, -0.25) is 9.69 Å². The van der Waals surface area contributed by atoms with Crippen molar-refractivity contribution in [1.82, 2.24) is 10.2 Å². The highest BCUT2D eigenvalue weighted by molar-refractivity contribution is 5.80. The molecule has 5 nitrogen and oxygen atoms in total. The number of nitrogens with one attached hydrogen (secondary N) is 1. The highest BCUT2D eigenvalue weighted by Gasteiger charge is 2.33. The highest BCUT2D eigenvalue weighted by atomic mass is 16.5. The lowest BCUT2D eigenvalue weighted by molar-refractivity contribution is -0.148. The molecule has 0 heterocycles. The molecular formula is C16H32N2O3. The van der Waals surface area contributed by atoms with Gasteiger partial charge in [0.15, 0.2) is 0 Å². The fourth-order valence-corrected chi connectivity index (χ4v) is 2.80. The Morgan fingerprint density at radius 2 is 2.00 bits per heavy atom. The zero-order valence-electron chi connectivity index (χ0n) is 14.1. The first-order valence-electron chi connectivity index (χ1n) is 8.13. The van der Waals surface area contributed by atoms with Crippen LogP contribution in [-0.2, 0) is 14.3 Å². The van der Waals surface area contributed by atoms with Gasteiger partial charge in [-0.1, -0.05) is 6.92 Å². The molecule has 124 valence electrons. The standard InChI is InChI=1S/C16H32N2O3/c1-5-17-16(2,15(19)21-4)10-6-7-11-18(12-13-20-3)14-8-9-14/h14,17H,5-13H2,1-4H3. The van der Waals surface area contributed by atoms with Gasteiger partial charge in [0.2, 0.25) is 0 Å². The average molecular weight is 300 g/mol. The Bertz CT molecular complexity index is 308. The fourth-order valence-electron chi connectivity index (χ4n) is 2.80. The van der Waals surface area contributed by atoms with Gasteiger partial charge in [-0.05, 0) is 52.1 Å². The Morgan fingerprint density at radius 3 is 2.52 bits per heavy atom. The third-order valence-electron chi connectivity index (χ3n) is 4.22. The topological polar surface area (TPSA) is 50.8 Å². The normalized spacial score (nSPS) is 17.8. The largest absolute Gasteiger partial charge is 0.468 e. The van der Waals surface area contributed by atoms with Crippen molar-refractivity contribution in [3.8, 4) is 0 Å². The van der Waals surface area contributed by atoms with Gasteiger partial charge in [0.25, 0.3) is 0 Å².